The highest BCUT2D eigenvalue weighted by atomic mass is 79.9. The molecular formula is C13H24BrNO. The SMILES string of the molecule is CC(Br)CCCNC(=O)C1CCC(C)CC1. The van der Waals surface area contributed by atoms with Crippen LogP contribution in [0.4, 0.5) is 0 Å². The van der Waals surface area contributed by atoms with E-state index in [2.05, 4.69) is 35.1 Å². The molecule has 1 amide bonds. The molecule has 0 aromatic carbocycles. The van der Waals surface area contributed by atoms with Crippen molar-refractivity contribution in [2.45, 2.75) is 57.2 Å². The highest BCUT2D eigenvalue weighted by Crippen LogP contribution is 2.28. The summed E-state index contributed by atoms with van der Waals surface area (Å²) in [5.74, 6) is 1.39. The van der Waals surface area contributed by atoms with Gasteiger partial charge in [0.1, 0.15) is 0 Å². The van der Waals surface area contributed by atoms with Crippen molar-refractivity contribution in [3.8, 4) is 0 Å². The summed E-state index contributed by atoms with van der Waals surface area (Å²) in [7, 11) is 0. The van der Waals surface area contributed by atoms with Crippen LogP contribution < -0.4 is 5.32 Å². The molecule has 1 aliphatic rings. The zero-order chi connectivity index (χ0) is 12.0. The molecule has 3 heteroatoms. The Bertz CT molecular complexity index is 210. The Morgan fingerprint density at radius 2 is 2.00 bits per heavy atom. The number of carbonyl (C=O) groups is 1. The molecule has 2 nitrogen and oxygen atoms in total. The minimum atomic E-state index is 0.286. The maximum atomic E-state index is 11.8. The molecule has 1 fully saturated rings. The molecule has 0 spiro atoms. The first-order chi connectivity index (χ1) is 7.59. The molecule has 0 aromatic heterocycles. The van der Waals surface area contributed by atoms with Crippen LogP contribution in [-0.2, 0) is 4.79 Å². The van der Waals surface area contributed by atoms with Crippen LogP contribution in [0.1, 0.15) is 52.4 Å². The number of alkyl halides is 1. The van der Waals surface area contributed by atoms with Crippen molar-refractivity contribution < 1.29 is 4.79 Å². The minimum Gasteiger partial charge on any atom is -0.356 e. The minimum absolute atomic E-state index is 0.286. The quantitative estimate of drug-likeness (QED) is 0.609. The van der Waals surface area contributed by atoms with Crippen LogP contribution in [0.15, 0.2) is 0 Å². The van der Waals surface area contributed by atoms with E-state index < -0.39 is 0 Å². The van der Waals surface area contributed by atoms with Crippen molar-refractivity contribution in [1.82, 2.24) is 5.32 Å². The van der Waals surface area contributed by atoms with Gasteiger partial charge in [0, 0.05) is 17.3 Å². The third-order valence-electron chi connectivity index (χ3n) is 3.46. The van der Waals surface area contributed by atoms with Crippen molar-refractivity contribution in [3.05, 3.63) is 0 Å². The fraction of sp³-hybridized carbons (Fsp3) is 0.923. The topological polar surface area (TPSA) is 29.1 Å². The number of hydrogen-bond acceptors (Lipinski definition) is 1. The molecule has 1 saturated carbocycles. The Balaban J connectivity index is 2.10. The molecular weight excluding hydrogens is 266 g/mol. The highest BCUT2D eigenvalue weighted by molar-refractivity contribution is 9.09. The molecule has 0 bridgehead atoms. The smallest absolute Gasteiger partial charge is 0.223 e. The van der Waals surface area contributed by atoms with Gasteiger partial charge >= 0.3 is 0 Å². The Labute approximate surface area is 108 Å². The Hall–Kier alpha value is -0.0500. The second-order valence-electron chi connectivity index (χ2n) is 5.17. The maximum Gasteiger partial charge on any atom is 0.223 e. The number of nitrogens with one attached hydrogen (secondary N) is 1. The van der Waals surface area contributed by atoms with Gasteiger partial charge in [-0.15, -0.1) is 0 Å². The van der Waals surface area contributed by atoms with E-state index in [9.17, 15) is 4.79 Å². The maximum absolute atomic E-state index is 11.8. The van der Waals surface area contributed by atoms with Gasteiger partial charge in [-0.1, -0.05) is 29.8 Å². The lowest BCUT2D eigenvalue weighted by molar-refractivity contribution is -0.126. The van der Waals surface area contributed by atoms with E-state index >= 15 is 0 Å². The number of carbonyl (C=O) groups excluding carboxylic acids is 1. The van der Waals surface area contributed by atoms with Crippen LogP contribution in [0.5, 0.6) is 0 Å². The monoisotopic (exact) mass is 289 g/mol. The number of hydrogen-bond donors (Lipinski definition) is 1. The normalized spacial score (nSPS) is 27.4. The van der Waals surface area contributed by atoms with Crippen molar-refractivity contribution in [2.75, 3.05) is 6.54 Å². The number of amides is 1. The van der Waals surface area contributed by atoms with Crippen LogP contribution >= 0.6 is 15.9 Å². The van der Waals surface area contributed by atoms with Crippen LogP contribution in [-0.4, -0.2) is 17.3 Å². The first kappa shape index (κ1) is 14.0. The number of halogens is 1. The highest BCUT2D eigenvalue weighted by Gasteiger charge is 2.23. The lowest BCUT2D eigenvalue weighted by Gasteiger charge is -2.25. The van der Waals surface area contributed by atoms with E-state index in [0.29, 0.717) is 4.83 Å². The van der Waals surface area contributed by atoms with Crippen LogP contribution in [0, 0.1) is 11.8 Å². The average Bonchev–Trinajstić information content (AvgIpc) is 2.25. The van der Waals surface area contributed by atoms with Crippen LogP contribution in [0.25, 0.3) is 0 Å². The van der Waals surface area contributed by atoms with Crippen LogP contribution in [0.3, 0.4) is 0 Å². The van der Waals surface area contributed by atoms with E-state index in [1.807, 2.05) is 0 Å². The van der Waals surface area contributed by atoms with E-state index in [-0.39, 0.29) is 11.8 Å². The second kappa shape index (κ2) is 7.31. The predicted molar refractivity (Wildman–Crippen MR) is 71.8 cm³/mol. The third kappa shape index (κ3) is 5.33. The van der Waals surface area contributed by atoms with Gasteiger partial charge in [0.05, 0.1) is 0 Å². The Kier molecular flexibility index (Phi) is 6.40. The van der Waals surface area contributed by atoms with E-state index in [1.165, 1.54) is 12.8 Å². The molecule has 0 heterocycles. The van der Waals surface area contributed by atoms with Crippen molar-refractivity contribution in [1.29, 1.82) is 0 Å². The summed E-state index contributed by atoms with van der Waals surface area (Å²) in [5, 5.41) is 3.06. The van der Waals surface area contributed by atoms with Crippen LogP contribution in [0.2, 0.25) is 0 Å². The Morgan fingerprint density at radius 1 is 1.38 bits per heavy atom. The third-order valence-corrected chi connectivity index (χ3v) is 3.92. The Morgan fingerprint density at radius 3 is 2.56 bits per heavy atom. The zero-order valence-electron chi connectivity index (χ0n) is 10.5. The van der Waals surface area contributed by atoms with Gasteiger partial charge in [-0.05, 0) is 44.4 Å². The lowest BCUT2D eigenvalue weighted by Crippen LogP contribution is -2.33. The molecule has 0 aromatic rings. The average molecular weight is 290 g/mol. The van der Waals surface area contributed by atoms with E-state index in [0.717, 1.165) is 38.1 Å². The summed E-state index contributed by atoms with van der Waals surface area (Å²) in [6, 6.07) is 0. The first-order valence-corrected chi connectivity index (χ1v) is 7.43. The summed E-state index contributed by atoms with van der Waals surface area (Å²) < 4.78 is 0. The zero-order valence-corrected chi connectivity index (χ0v) is 12.1. The standard InChI is InChI=1S/C13H24BrNO/c1-10-5-7-12(8-6-10)13(16)15-9-3-4-11(2)14/h10-12H,3-9H2,1-2H3,(H,15,16). The lowest BCUT2D eigenvalue weighted by atomic mass is 9.82. The summed E-state index contributed by atoms with van der Waals surface area (Å²) >= 11 is 3.51. The largest absolute Gasteiger partial charge is 0.356 e. The number of rotatable bonds is 5. The first-order valence-electron chi connectivity index (χ1n) is 6.51. The van der Waals surface area contributed by atoms with Gasteiger partial charge in [0.25, 0.3) is 0 Å². The summed E-state index contributed by atoms with van der Waals surface area (Å²) in [6.45, 7) is 5.26. The molecule has 16 heavy (non-hydrogen) atoms. The summed E-state index contributed by atoms with van der Waals surface area (Å²) in [6.07, 6.45) is 6.81. The molecule has 0 aliphatic heterocycles. The second-order valence-corrected chi connectivity index (χ2v) is 6.73. The molecule has 0 saturated heterocycles. The van der Waals surface area contributed by atoms with Gasteiger partial charge < -0.3 is 5.32 Å². The van der Waals surface area contributed by atoms with Crippen molar-refractivity contribution >= 4 is 21.8 Å². The molecule has 1 N–H and O–H groups in total. The fourth-order valence-electron chi connectivity index (χ4n) is 2.26. The molecule has 1 rings (SSSR count). The van der Waals surface area contributed by atoms with Gasteiger partial charge in [0.15, 0.2) is 0 Å². The van der Waals surface area contributed by atoms with Gasteiger partial charge in [0.2, 0.25) is 5.91 Å². The van der Waals surface area contributed by atoms with E-state index in [4.69, 9.17) is 0 Å². The van der Waals surface area contributed by atoms with Gasteiger partial charge in [-0.25, -0.2) is 0 Å². The van der Waals surface area contributed by atoms with Gasteiger partial charge in [-0.2, -0.15) is 0 Å². The molecule has 0 radical (unpaired) electrons. The molecule has 1 unspecified atom stereocenters. The summed E-state index contributed by atoms with van der Waals surface area (Å²) in [4.78, 5) is 12.4. The fourth-order valence-corrected chi connectivity index (χ4v) is 2.59. The molecule has 94 valence electrons. The summed E-state index contributed by atoms with van der Waals surface area (Å²) in [5.41, 5.74) is 0. The predicted octanol–water partition coefficient (Wildman–Crippen LogP) is 3.49. The van der Waals surface area contributed by atoms with Gasteiger partial charge in [-0.3, -0.25) is 4.79 Å². The molecule has 1 aliphatic carbocycles. The van der Waals surface area contributed by atoms with Crippen molar-refractivity contribution in [2.24, 2.45) is 11.8 Å². The molecule has 1 atom stereocenters. The van der Waals surface area contributed by atoms with E-state index in [1.54, 1.807) is 0 Å². The van der Waals surface area contributed by atoms with Crippen molar-refractivity contribution in [3.63, 3.8) is 0 Å².